The Morgan fingerprint density at radius 2 is 1.92 bits per heavy atom. The minimum atomic E-state index is 0.154. The third-order valence-electron chi connectivity index (χ3n) is 1.91. The first-order chi connectivity index (χ1) is 6.24. The Balaban J connectivity index is 2.61. The molecule has 70 valence electrons. The minimum Gasteiger partial charge on any atom is -0.310 e. The summed E-state index contributed by atoms with van der Waals surface area (Å²) in [6.45, 7) is 5.26. The van der Waals surface area contributed by atoms with E-state index < -0.39 is 0 Å². The van der Waals surface area contributed by atoms with E-state index in [-0.39, 0.29) is 5.78 Å². The van der Waals surface area contributed by atoms with Crippen LogP contribution in [0, 0.1) is 6.92 Å². The molecule has 2 nitrogen and oxygen atoms in total. The fourth-order valence-corrected chi connectivity index (χ4v) is 1.08. The van der Waals surface area contributed by atoms with Gasteiger partial charge in [-0.15, -0.1) is 0 Å². The van der Waals surface area contributed by atoms with Crippen molar-refractivity contribution in [2.75, 3.05) is 13.1 Å². The Morgan fingerprint density at radius 1 is 1.31 bits per heavy atom. The third-order valence-corrected chi connectivity index (χ3v) is 1.91. The zero-order valence-electron chi connectivity index (χ0n) is 8.13. The van der Waals surface area contributed by atoms with E-state index in [0.717, 1.165) is 12.1 Å². The van der Waals surface area contributed by atoms with E-state index in [1.807, 2.05) is 38.1 Å². The lowest BCUT2D eigenvalue weighted by atomic mass is 10.1. The van der Waals surface area contributed by atoms with Crippen LogP contribution in [0.4, 0.5) is 0 Å². The number of ketones is 1. The Hall–Kier alpha value is -1.15. The third kappa shape index (κ3) is 2.99. The Kier molecular flexibility index (Phi) is 3.65. The van der Waals surface area contributed by atoms with E-state index in [0.29, 0.717) is 6.54 Å². The van der Waals surface area contributed by atoms with E-state index in [9.17, 15) is 4.79 Å². The topological polar surface area (TPSA) is 29.1 Å². The van der Waals surface area contributed by atoms with Crippen molar-refractivity contribution in [3.05, 3.63) is 35.4 Å². The molecule has 0 amide bonds. The maximum Gasteiger partial charge on any atom is 0.176 e. The summed E-state index contributed by atoms with van der Waals surface area (Å²) >= 11 is 0. The summed E-state index contributed by atoms with van der Waals surface area (Å²) in [4.78, 5) is 11.5. The second kappa shape index (κ2) is 4.77. The summed E-state index contributed by atoms with van der Waals surface area (Å²) in [5.41, 5.74) is 1.96. The summed E-state index contributed by atoms with van der Waals surface area (Å²) in [5.74, 6) is 0.154. The van der Waals surface area contributed by atoms with Crippen LogP contribution in [0.2, 0.25) is 0 Å². The average Bonchev–Trinajstić information content (AvgIpc) is 2.15. The molecule has 0 saturated heterocycles. The maximum absolute atomic E-state index is 11.5. The molecule has 0 unspecified atom stereocenters. The molecule has 0 radical (unpaired) electrons. The number of aryl methyl sites for hydroxylation is 1. The smallest absolute Gasteiger partial charge is 0.176 e. The van der Waals surface area contributed by atoms with E-state index in [1.165, 1.54) is 5.56 Å². The molecule has 0 heterocycles. The molecule has 0 saturated carbocycles. The molecule has 0 aliphatic carbocycles. The van der Waals surface area contributed by atoms with Crippen molar-refractivity contribution in [3.63, 3.8) is 0 Å². The van der Waals surface area contributed by atoms with Crippen molar-refractivity contribution in [2.45, 2.75) is 13.8 Å². The van der Waals surface area contributed by atoms with Gasteiger partial charge in [-0.05, 0) is 13.5 Å². The predicted molar refractivity (Wildman–Crippen MR) is 54.1 cm³/mol. The van der Waals surface area contributed by atoms with Gasteiger partial charge in [0.05, 0.1) is 6.54 Å². The van der Waals surface area contributed by atoms with Crippen molar-refractivity contribution in [1.82, 2.24) is 5.32 Å². The lowest BCUT2D eigenvalue weighted by Crippen LogP contribution is -2.22. The summed E-state index contributed by atoms with van der Waals surface area (Å²) in [7, 11) is 0. The number of carbonyl (C=O) groups is 1. The van der Waals surface area contributed by atoms with E-state index in [4.69, 9.17) is 0 Å². The SMILES string of the molecule is CCNCC(=O)c1ccc(C)cc1. The molecule has 0 aliphatic heterocycles. The van der Waals surface area contributed by atoms with Crippen LogP contribution in [-0.4, -0.2) is 18.9 Å². The van der Waals surface area contributed by atoms with E-state index in [2.05, 4.69) is 5.32 Å². The number of nitrogens with one attached hydrogen (secondary N) is 1. The fraction of sp³-hybridized carbons (Fsp3) is 0.364. The van der Waals surface area contributed by atoms with Gasteiger partial charge in [0, 0.05) is 5.56 Å². The minimum absolute atomic E-state index is 0.154. The van der Waals surface area contributed by atoms with Gasteiger partial charge >= 0.3 is 0 Å². The van der Waals surface area contributed by atoms with Crippen LogP contribution in [0.25, 0.3) is 0 Å². The lowest BCUT2D eigenvalue weighted by molar-refractivity contribution is 0.0992. The van der Waals surface area contributed by atoms with Gasteiger partial charge in [-0.2, -0.15) is 0 Å². The van der Waals surface area contributed by atoms with Crippen LogP contribution in [0.1, 0.15) is 22.8 Å². The van der Waals surface area contributed by atoms with Gasteiger partial charge in [0.1, 0.15) is 0 Å². The van der Waals surface area contributed by atoms with Crippen molar-refractivity contribution in [2.24, 2.45) is 0 Å². The number of benzene rings is 1. The van der Waals surface area contributed by atoms with Crippen LogP contribution >= 0.6 is 0 Å². The lowest BCUT2D eigenvalue weighted by Gasteiger charge is -2.01. The van der Waals surface area contributed by atoms with Crippen molar-refractivity contribution < 1.29 is 4.79 Å². The zero-order chi connectivity index (χ0) is 9.68. The standard InChI is InChI=1S/C11H15NO/c1-3-12-8-11(13)10-6-4-9(2)5-7-10/h4-7,12H,3,8H2,1-2H3. The van der Waals surface area contributed by atoms with E-state index in [1.54, 1.807) is 0 Å². The van der Waals surface area contributed by atoms with Crippen molar-refractivity contribution in [1.29, 1.82) is 0 Å². The van der Waals surface area contributed by atoms with Crippen LogP contribution < -0.4 is 5.32 Å². The molecule has 0 aromatic heterocycles. The molecule has 1 aromatic carbocycles. The van der Waals surface area contributed by atoms with Crippen molar-refractivity contribution in [3.8, 4) is 0 Å². The average molecular weight is 177 g/mol. The summed E-state index contributed by atoms with van der Waals surface area (Å²) < 4.78 is 0. The van der Waals surface area contributed by atoms with Gasteiger partial charge in [-0.25, -0.2) is 0 Å². The number of hydrogen-bond acceptors (Lipinski definition) is 2. The molecule has 0 fully saturated rings. The number of hydrogen-bond donors (Lipinski definition) is 1. The van der Waals surface area contributed by atoms with Gasteiger partial charge in [-0.1, -0.05) is 36.8 Å². The first-order valence-electron chi connectivity index (χ1n) is 4.54. The molecule has 0 spiro atoms. The molecular formula is C11H15NO. The van der Waals surface area contributed by atoms with Crippen LogP contribution in [0.3, 0.4) is 0 Å². The quantitative estimate of drug-likeness (QED) is 0.710. The molecule has 1 rings (SSSR count). The van der Waals surface area contributed by atoms with Crippen molar-refractivity contribution >= 4 is 5.78 Å². The Morgan fingerprint density at radius 3 is 2.46 bits per heavy atom. The number of likely N-dealkylation sites (N-methyl/N-ethyl adjacent to an activating group) is 1. The second-order valence-electron chi connectivity index (χ2n) is 3.07. The van der Waals surface area contributed by atoms with Gasteiger partial charge in [0.15, 0.2) is 5.78 Å². The monoisotopic (exact) mass is 177 g/mol. The largest absolute Gasteiger partial charge is 0.310 e. The van der Waals surface area contributed by atoms with Gasteiger partial charge in [0.2, 0.25) is 0 Å². The van der Waals surface area contributed by atoms with Gasteiger partial charge in [0.25, 0.3) is 0 Å². The molecule has 1 N–H and O–H groups in total. The maximum atomic E-state index is 11.5. The number of rotatable bonds is 4. The highest BCUT2D eigenvalue weighted by Gasteiger charge is 2.02. The van der Waals surface area contributed by atoms with Crippen LogP contribution in [0.5, 0.6) is 0 Å². The highest BCUT2D eigenvalue weighted by atomic mass is 16.1. The van der Waals surface area contributed by atoms with Gasteiger partial charge < -0.3 is 5.32 Å². The fourth-order valence-electron chi connectivity index (χ4n) is 1.08. The Bertz CT molecular complexity index is 277. The molecule has 0 bridgehead atoms. The second-order valence-corrected chi connectivity index (χ2v) is 3.07. The molecule has 1 aromatic rings. The molecular weight excluding hydrogens is 162 g/mol. The molecule has 2 heteroatoms. The molecule has 0 atom stereocenters. The Labute approximate surface area is 79.0 Å². The zero-order valence-corrected chi connectivity index (χ0v) is 8.13. The predicted octanol–water partition coefficient (Wildman–Crippen LogP) is 1.79. The highest BCUT2D eigenvalue weighted by Crippen LogP contribution is 2.03. The number of carbonyl (C=O) groups excluding carboxylic acids is 1. The van der Waals surface area contributed by atoms with E-state index >= 15 is 0 Å². The van der Waals surface area contributed by atoms with Gasteiger partial charge in [-0.3, -0.25) is 4.79 Å². The van der Waals surface area contributed by atoms with Crippen LogP contribution in [0.15, 0.2) is 24.3 Å². The molecule has 13 heavy (non-hydrogen) atoms. The normalized spacial score (nSPS) is 10.0. The summed E-state index contributed by atoms with van der Waals surface area (Å²) in [6.07, 6.45) is 0. The number of Topliss-reactive ketones (excluding diaryl/α,β-unsaturated/α-hetero) is 1. The summed E-state index contributed by atoms with van der Waals surface area (Å²) in [6, 6.07) is 7.66. The van der Waals surface area contributed by atoms with Crippen LogP contribution in [-0.2, 0) is 0 Å². The first kappa shape index (κ1) is 9.93. The molecule has 0 aliphatic rings. The summed E-state index contributed by atoms with van der Waals surface area (Å²) in [5, 5.41) is 3.01. The highest BCUT2D eigenvalue weighted by molar-refractivity contribution is 5.97. The first-order valence-corrected chi connectivity index (χ1v) is 4.54.